The quantitative estimate of drug-likeness (QED) is 0.259. The van der Waals surface area contributed by atoms with Crippen LogP contribution < -0.4 is 10.6 Å². The third-order valence-corrected chi connectivity index (χ3v) is 6.88. The van der Waals surface area contributed by atoms with Gasteiger partial charge in [-0.2, -0.15) is 12.6 Å². The number of thiol groups is 1. The molecule has 7 nitrogen and oxygen atoms in total. The highest BCUT2D eigenvalue weighted by Gasteiger charge is 2.40. The molecule has 2 N–H and O–H groups in total. The van der Waals surface area contributed by atoms with Gasteiger partial charge in [0.2, 0.25) is 11.8 Å². The first-order valence-corrected chi connectivity index (χ1v) is 14.5. The maximum atomic E-state index is 14.2. The molecule has 1 rings (SSSR count). The number of aryl methyl sites for hydroxylation is 2. The second-order valence-corrected chi connectivity index (χ2v) is 12.2. The van der Waals surface area contributed by atoms with Gasteiger partial charge in [0.1, 0.15) is 17.7 Å². The van der Waals surface area contributed by atoms with E-state index in [2.05, 4.69) is 44.0 Å². The zero-order chi connectivity index (χ0) is 29.2. The number of benzene rings is 1. The topological polar surface area (TPSA) is 87.7 Å². The van der Waals surface area contributed by atoms with Crippen LogP contribution in [0.15, 0.2) is 18.2 Å². The summed E-state index contributed by atoms with van der Waals surface area (Å²) in [6.07, 6.45) is 2.69. The van der Waals surface area contributed by atoms with Gasteiger partial charge in [-0.15, -0.1) is 0 Å². The lowest BCUT2D eigenvalue weighted by Gasteiger charge is -2.40. The summed E-state index contributed by atoms with van der Waals surface area (Å²) >= 11 is 4.40. The van der Waals surface area contributed by atoms with E-state index in [1.165, 1.54) is 0 Å². The lowest BCUT2D eigenvalue weighted by atomic mass is 9.91. The molecule has 0 saturated carbocycles. The zero-order valence-electron chi connectivity index (χ0n) is 25.2. The van der Waals surface area contributed by atoms with Gasteiger partial charge in [0.25, 0.3) is 0 Å². The maximum Gasteiger partial charge on any atom is 0.408 e. The summed E-state index contributed by atoms with van der Waals surface area (Å²) in [7, 11) is 0. The second-order valence-electron chi connectivity index (χ2n) is 11.9. The molecule has 0 aliphatic rings. The summed E-state index contributed by atoms with van der Waals surface area (Å²) in [6, 6.07) is 3.78. The Balaban J connectivity index is 3.64. The van der Waals surface area contributed by atoms with Crippen molar-refractivity contribution in [3.05, 3.63) is 34.9 Å². The van der Waals surface area contributed by atoms with Crippen LogP contribution >= 0.6 is 12.6 Å². The molecular formula is C30H51N3O4S. The smallest absolute Gasteiger partial charge is 0.408 e. The fourth-order valence-corrected chi connectivity index (χ4v) is 4.86. The van der Waals surface area contributed by atoms with Crippen molar-refractivity contribution in [2.24, 2.45) is 5.92 Å². The third-order valence-electron chi connectivity index (χ3n) is 6.52. The Morgan fingerprint density at radius 3 is 2.03 bits per heavy atom. The number of carbonyl (C=O) groups excluding carboxylic acids is 3. The Morgan fingerprint density at radius 1 is 0.974 bits per heavy atom. The average Bonchev–Trinajstić information content (AvgIpc) is 2.78. The van der Waals surface area contributed by atoms with Gasteiger partial charge < -0.3 is 20.3 Å². The summed E-state index contributed by atoms with van der Waals surface area (Å²) in [5.74, 6) is -0.0675. The monoisotopic (exact) mass is 549 g/mol. The Hall–Kier alpha value is -2.22. The lowest BCUT2D eigenvalue weighted by Crippen LogP contribution is -2.57. The van der Waals surface area contributed by atoms with E-state index < -0.39 is 23.8 Å². The van der Waals surface area contributed by atoms with Crippen molar-refractivity contribution in [2.75, 3.05) is 5.75 Å². The number of amides is 3. The van der Waals surface area contributed by atoms with Crippen LogP contribution in [0.3, 0.4) is 0 Å². The van der Waals surface area contributed by atoms with E-state index in [1.54, 1.807) is 25.7 Å². The minimum absolute atomic E-state index is 0.0391. The first-order valence-electron chi connectivity index (χ1n) is 13.9. The van der Waals surface area contributed by atoms with Gasteiger partial charge in [0.15, 0.2) is 0 Å². The van der Waals surface area contributed by atoms with E-state index in [0.29, 0.717) is 12.3 Å². The van der Waals surface area contributed by atoms with Crippen molar-refractivity contribution in [1.29, 1.82) is 0 Å². The van der Waals surface area contributed by atoms with Crippen LogP contribution in [0, 0.1) is 19.8 Å². The molecule has 8 heteroatoms. The highest BCUT2D eigenvalue weighted by atomic mass is 32.1. The van der Waals surface area contributed by atoms with Gasteiger partial charge in [0.05, 0.1) is 0 Å². The molecule has 1 aromatic rings. The largest absolute Gasteiger partial charge is 0.444 e. The highest BCUT2D eigenvalue weighted by Crippen LogP contribution is 2.32. The van der Waals surface area contributed by atoms with Crippen LogP contribution in [0.1, 0.15) is 104 Å². The molecule has 0 aromatic heterocycles. The van der Waals surface area contributed by atoms with Crippen molar-refractivity contribution in [1.82, 2.24) is 15.5 Å². The normalized spacial score (nSPS) is 14.8. The highest BCUT2D eigenvalue weighted by molar-refractivity contribution is 7.80. The molecule has 0 fully saturated rings. The van der Waals surface area contributed by atoms with Crippen molar-refractivity contribution in [3.8, 4) is 0 Å². The average molecular weight is 550 g/mol. The molecule has 0 aliphatic heterocycles. The number of hydrogen-bond donors (Lipinski definition) is 3. The molecule has 0 bridgehead atoms. The Kier molecular flexibility index (Phi) is 13.7. The Labute approximate surface area is 236 Å². The number of rotatable bonds is 13. The van der Waals surface area contributed by atoms with Crippen molar-refractivity contribution >= 4 is 30.5 Å². The summed E-state index contributed by atoms with van der Waals surface area (Å²) in [5, 5.41) is 5.85. The first kappa shape index (κ1) is 33.8. The Bertz CT molecular complexity index is 908. The van der Waals surface area contributed by atoms with Crippen molar-refractivity contribution < 1.29 is 19.1 Å². The summed E-state index contributed by atoms with van der Waals surface area (Å²) in [4.78, 5) is 42.5. The Morgan fingerprint density at radius 2 is 1.55 bits per heavy atom. The maximum absolute atomic E-state index is 14.2. The molecule has 4 unspecified atom stereocenters. The van der Waals surface area contributed by atoms with Gasteiger partial charge in [-0.3, -0.25) is 9.59 Å². The van der Waals surface area contributed by atoms with Gasteiger partial charge in [-0.25, -0.2) is 4.79 Å². The van der Waals surface area contributed by atoms with Crippen LogP contribution in [0.25, 0.3) is 0 Å². The molecule has 38 heavy (non-hydrogen) atoms. The number of ether oxygens (including phenoxy) is 1. The fourth-order valence-electron chi connectivity index (χ4n) is 4.61. The van der Waals surface area contributed by atoms with E-state index >= 15 is 0 Å². The first-order chi connectivity index (χ1) is 17.6. The fraction of sp³-hybridized carbons (Fsp3) is 0.700. The summed E-state index contributed by atoms with van der Waals surface area (Å²) in [5.41, 5.74) is 1.97. The van der Waals surface area contributed by atoms with E-state index in [0.717, 1.165) is 36.0 Å². The number of alkyl carbamates (subject to hydrolysis) is 1. The standard InChI is InChI=1S/C30H51N3O4S/c1-11-13-22(6)31-27(34)26(25-20(4)14-12-15-21(25)5)33(23(7)17-16-19(2)3)28(35)24(18-38)32-29(36)37-30(8,9)10/h12,14-15,19,22-24,26,38H,11,13,16-18H2,1-10H3,(H,31,34)(H,32,36). The van der Waals surface area contributed by atoms with Crippen molar-refractivity contribution in [3.63, 3.8) is 0 Å². The predicted molar refractivity (Wildman–Crippen MR) is 159 cm³/mol. The van der Waals surface area contributed by atoms with Gasteiger partial charge in [-0.1, -0.05) is 45.4 Å². The zero-order valence-corrected chi connectivity index (χ0v) is 26.1. The van der Waals surface area contributed by atoms with Crippen LogP contribution in [-0.4, -0.2) is 52.3 Å². The third kappa shape index (κ3) is 10.5. The van der Waals surface area contributed by atoms with E-state index in [-0.39, 0.29) is 29.7 Å². The second kappa shape index (κ2) is 15.4. The molecule has 0 heterocycles. The van der Waals surface area contributed by atoms with Crippen LogP contribution in [-0.2, 0) is 14.3 Å². The lowest BCUT2D eigenvalue weighted by molar-refractivity contribution is -0.145. The number of nitrogens with one attached hydrogen (secondary N) is 2. The van der Waals surface area contributed by atoms with Crippen molar-refractivity contribution in [2.45, 2.75) is 125 Å². The molecule has 1 aromatic carbocycles. The minimum atomic E-state index is -0.956. The van der Waals surface area contributed by atoms with E-state index in [1.807, 2.05) is 45.9 Å². The summed E-state index contributed by atoms with van der Waals surface area (Å²) in [6.45, 7) is 19.6. The van der Waals surface area contributed by atoms with Crippen LogP contribution in [0.4, 0.5) is 4.79 Å². The molecule has 0 saturated heterocycles. The van der Waals surface area contributed by atoms with E-state index in [4.69, 9.17) is 4.74 Å². The molecule has 4 atom stereocenters. The molecule has 0 spiro atoms. The van der Waals surface area contributed by atoms with Gasteiger partial charge in [-0.05, 0) is 90.3 Å². The number of nitrogens with zero attached hydrogens (tertiary/aromatic N) is 1. The molecule has 0 radical (unpaired) electrons. The van der Waals surface area contributed by atoms with Gasteiger partial charge in [0, 0.05) is 17.8 Å². The van der Waals surface area contributed by atoms with Crippen LogP contribution in [0.2, 0.25) is 0 Å². The molecular weight excluding hydrogens is 498 g/mol. The molecule has 3 amide bonds. The number of carbonyl (C=O) groups is 3. The molecule has 0 aliphatic carbocycles. The van der Waals surface area contributed by atoms with E-state index in [9.17, 15) is 14.4 Å². The minimum Gasteiger partial charge on any atom is -0.444 e. The summed E-state index contributed by atoms with van der Waals surface area (Å²) < 4.78 is 5.42. The molecule has 216 valence electrons. The predicted octanol–water partition coefficient (Wildman–Crippen LogP) is 6.13. The van der Waals surface area contributed by atoms with Gasteiger partial charge >= 0.3 is 6.09 Å². The van der Waals surface area contributed by atoms with Crippen LogP contribution in [0.5, 0.6) is 0 Å². The number of hydrogen-bond acceptors (Lipinski definition) is 5. The SMILES string of the molecule is CCCC(C)NC(=O)C(c1c(C)cccc1C)N(C(=O)C(CS)NC(=O)OC(C)(C)C)C(C)CCC(C)C.